The van der Waals surface area contributed by atoms with Gasteiger partial charge in [0.05, 0.1) is 29.7 Å². The first-order valence-corrected chi connectivity index (χ1v) is 6.20. The summed E-state index contributed by atoms with van der Waals surface area (Å²) >= 11 is 0. The molecule has 2 rings (SSSR count). The molecule has 3 N–H and O–H groups in total. The summed E-state index contributed by atoms with van der Waals surface area (Å²) in [7, 11) is 1.53. The average Bonchev–Trinajstić information content (AvgIpc) is 2.47. The first kappa shape index (κ1) is 14.5. The van der Waals surface area contributed by atoms with E-state index in [0.29, 0.717) is 22.8 Å². The number of carboxylic acids is 1. The number of nitrogens with two attached hydrogens (primary N) is 1. The number of aryl methyl sites for hydroxylation is 1. The van der Waals surface area contributed by atoms with E-state index in [1.165, 1.54) is 19.2 Å². The Morgan fingerprint density at radius 1 is 1.19 bits per heavy atom. The van der Waals surface area contributed by atoms with E-state index in [-0.39, 0.29) is 5.56 Å². The molecule has 0 bridgehead atoms. The zero-order chi connectivity index (χ0) is 15.4. The number of hydrogen-bond acceptors (Lipinski definition) is 5. The summed E-state index contributed by atoms with van der Waals surface area (Å²) in [6, 6.07) is 9.62. The third-order valence-electron chi connectivity index (χ3n) is 2.94. The van der Waals surface area contributed by atoms with Crippen LogP contribution in [0.2, 0.25) is 0 Å². The van der Waals surface area contributed by atoms with Gasteiger partial charge < -0.3 is 15.6 Å². The Morgan fingerprint density at radius 2 is 1.86 bits per heavy atom. The number of nitrogens with zero attached hydrogens (tertiary/aromatic N) is 2. The molecule has 0 saturated carbocycles. The van der Waals surface area contributed by atoms with Crippen molar-refractivity contribution < 1.29 is 14.6 Å². The second-order valence-electron chi connectivity index (χ2n) is 4.43. The molecule has 108 valence electrons. The molecule has 2 aromatic carbocycles. The largest absolute Gasteiger partial charge is 0.495 e. The monoisotopic (exact) mass is 285 g/mol. The number of carbonyl (C=O) groups is 1. The first-order valence-electron chi connectivity index (χ1n) is 6.20. The standard InChI is InChI=1S/C15H15N3O3/c1-9-7-12(16)14(21-2)8-13(9)18-17-11-5-3-10(4-6-11)15(19)20/h3-8H,16H2,1-2H3,(H,19,20)/b18-17+. The van der Waals surface area contributed by atoms with Crippen molar-refractivity contribution in [3.8, 4) is 5.75 Å². The Bertz CT molecular complexity index is 694. The molecule has 0 atom stereocenters. The van der Waals surface area contributed by atoms with Crippen LogP contribution in [0, 0.1) is 6.92 Å². The summed E-state index contributed by atoms with van der Waals surface area (Å²) in [6.45, 7) is 1.87. The van der Waals surface area contributed by atoms with Gasteiger partial charge in [-0.2, -0.15) is 10.2 Å². The maximum absolute atomic E-state index is 10.8. The molecule has 0 radical (unpaired) electrons. The van der Waals surface area contributed by atoms with E-state index in [1.54, 1.807) is 24.3 Å². The number of rotatable bonds is 4. The lowest BCUT2D eigenvalue weighted by Crippen LogP contribution is -1.94. The van der Waals surface area contributed by atoms with Crippen molar-refractivity contribution in [2.45, 2.75) is 6.92 Å². The van der Waals surface area contributed by atoms with Crippen LogP contribution < -0.4 is 10.5 Å². The zero-order valence-corrected chi connectivity index (χ0v) is 11.7. The fourth-order valence-corrected chi connectivity index (χ4v) is 1.77. The highest BCUT2D eigenvalue weighted by Crippen LogP contribution is 2.31. The van der Waals surface area contributed by atoms with Crippen LogP contribution in [0.1, 0.15) is 15.9 Å². The Morgan fingerprint density at radius 3 is 2.43 bits per heavy atom. The van der Waals surface area contributed by atoms with Crippen molar-refractivity contribution in [1.82, 2.24) is 0 Å². The average molecular weight is 285 g/mol. The minimum absolute atomic E-state index is 0.208. The minimum atomic E-state index is -0.974. The molecule has 0 aliphatic carbocycles. The molecule has 0 heterocycles. The third kappa shape index (κ3) is 3.36. The van der Waals surface area contributed by atoms with Crippen LogP contribution in [0.5, 0.6) is 5.75 Å². The lowest BCUT2D eigenvalue weighted by Gasteiger charge is -2.07. The SMILES string of the molecule is COc1cc(/N=N/c2ccc(C(=O)O)cc2)c(C)cc1N. The van der Waals surface area contributed by atoms with E-state index in [0.717, 1.165) is 5.56 Å². The number of azo groups is 1. The van der Waals surface area contributed by atoms with E-state index < -0.39 is 5.97 Å². The van der Waals surface area contributed by atoms with Crippen molar-refractivity contribution in [2.75, 3.05) is 12.8 Å². The summed E-state index contributed by atoms with van der Waals surface area (Å²) < 4.78 is 5.14. The van der Waals surface area contributed by atoms with Crippen LogP contribution in [-0.2, 0) is 0 Å². The number of aromatic carboxylic acids is 1. The topological polar surface area (TPSA) is 97.3 Å². The lowest BCUT2D eigenvalue weighted by atomic mass is 10.1. The number of carboxylic acid groups (broad SMARTS) is 1. The highest BCUT2D eigenvalue weighted by atomic mass is 16.5. The van der Waals surface area contributed by atoms with Crippen LogP contribution >= 0.6 is 0 Å². The van der Waals surface area contributed by atoms with E-state index in [2.05, 4.69) is 10.2 Å². The predicted octanol–water partition coefficient (Wildman–Crippen LogP) is 3.70. The van der Waals surface area contributed by atoms with E-state index in [4.69, 9.17) is 15.6 Å². The molecule has 0 aliphatic heterocycles. The van der Waals surface area contributed by atoms with Crippen LogP contribution in [0.25, 0.3) is 0 Å². The van der Waals surface area contributed by atoms with Crippen molar-refractivity contribution in [3.05, 3.63) is 47.5 Å². The second kappa shape index (κ2) is 6.04. The summed E-state index contributed by atoms with van der Waals surface area (Å²) in [4.78, 5) is 10.8. The Hall–Kier alpha value is -2.89. The van der Waals surface area contributed by atoms with Crippen molar-refractivity contribution in [1.29, 1.82) is 0 Å². The molecule has 0 fully saturated rings. The van der Waals surface area contributed by atoms with E-state index in [1.807, 2.05) is 6.92 Å². The van der Waals surface area contributed by atoms with Crippen LogP contribution in [0.15, 0.2) is 46.6 Å². The van der Waals surface area contributed by atoms with Crippen LogP contribution in [0.4, 0.5) is 17.1 Å². The van der Waals surface area contributed by atoms with Gasteiger partial charge in [0, 0.05) is 6.07 Å². The van der Waals surface area contributed by atoms with Crippen molar-refractivity contribution in [3.63, 3.8) is 0 Å². The Kier molecular flexibility index (Phi) is 4.18. The molecular formula is C15H15N3O3. The number of benzene rings is 2. The number of anilines is 1. The highest BCUT2D eigenvalue weighted by Gasteiger charge is 2.05. The highest BCUT2D eigenvalue weighted by molar-refractivity contribution is 5.87. The molecule has 6 nitrogen and oxygen atoms in total. The van der Waals surface area contributed by atoms with Gasteiger partial charge in [0.25, 0.3) is 0 Å². The second-order valence-corrected chi connectivity index (χ2v) is 4.43. The smallest absolute Gasteiger partial charge is 0.335 e. The maximum atomic E-state index is 10.8. The predicted molar refractivity (Wildman–Crippen MR) is 79.7 cm³/mol. The van der Waals surface area contributed by atoms with Gasteiger partial charge in [0.2, 0.25) is 0 Å². The van der Waals surface area contributed by atoms with Gasteiger partial charge in [-0.05, 0) is 42.8 Å². The first-order chi connectivity index (χ1) is 10.0. The zero-order valence-electron chi connectivity index (χ0n) is 11.7. The molecule has 0 aromatic heterocycles. The van der Waals surface area contributed by atoms with Gasteiger partial charge in [0.1, 0.15) is 5.75 Å². The van der Waals surface area contributed by atoms with Crippen molar-refractivity contribution >= 4 is 23.0 Å². The molecule has 0 spiro atoms. The molecule has 0 unspecified atom stereocenters. The van der Waals surface area contributed by atoms with Crippen LogP contribution in [0.3, 0.4) is 0 Å². The lowest BCUT2D eigenvalue weighted by molar-refractivity contribution is 0.0697. The van der Waals surface area contributed by atoms with E-state index >= 15 is 0 Å². The van der Waals surface area contributed by atoms with Gasteiger partial charge in [-0.1, -0.05) is 0 Å². The van der Waals surface area contributed by atoms with Gasteiger partial charge in [0.15, 0.2) is 0 Å². The Labute approximate surface area is 121 Å². The molecule has 0 amide bonds. The number of ether oxygens (including phenoxy) is 1. The number of methoxy groups -OCH3 is 1. The van der Waals surface area contributed by atoms with E-state index in [9.17, 15) is 4.79 Å². The summed E-state index contributed by atoms with van der Waals surface area (Å²) in [5, 5.41) is 17.0. The van der Waals surface area contributed by atoms with Crippen molar-refractivity contribution in [2.24, 2.45) is 10.2 Å². The number of nitrogen functional groups attached to an aromatic ring is 1. The quantitative estimate of drug-likeness (QED) is 0.661. The van der Waals surface area contributed by atoms with Gasteiger partial charge in [-0.15, -0.1) is 0 Å². The number of hydrogen-bond donors (Lipinski definition) is 2. The fraction of sp³-hybridized carbons (Fsp3) is 0.133. The van der Waals surface area contributed by atoms with Gasteiger partial charge in [-0.3, -0.25) is 0 Å². The molecule has 21 heavy (non-hydrogen) atoms. The molecular weight excluding hydrogens is 270 g/mol. The van der Waals surface area contributed by atoms with Gasteiger partial charge >= 0.3 is 5.97 Å². The molecule has 0 saturated heterocycles. The van der Waals surface area contributed by atoms with Crippen LogP contribution in [-0.4, -0.2) is 18.2 Å². The summed E-state index contributed by atoms with van der Waals surface area (Å²) in [6.07, 6.45) is 0. The molecule has 6 heteroatoms. The fourth-order valence-electron chi connectivity index (χ4n) is 1.77. The Balaban J connectivity index is 2.26. The van der Waals surface area contributed by atoms with Gasteiger partial charge in [-0.25, -0.2) is 4.79 Å². The molecule has 2 aromatic rings. The third-order valence-corrected chi connectivity index (χ3v) is 2.94. The maximum Gasteiger partial charge on any atom is 0.335 e. The normalized spacial score (nSPS) is 10.8. The molecule has 0 aliphatic rings. The summed E-state index contributed by atoms with van der Waals surface area (Å²) in [5.41, 5.74) is 8.63. The summed E-state index contributed by atoms with van der Waals surface area (Å²) in [5.74, 6) is -0.437. The minimum Gasteiger partial charge on any atom is -0.495 e.